The minimum Gasteiger partial charge on any atom is -0.449 e. The number of aromatic nitrogens is 1. The predicted molar refractivity (Wildman–Crippen MR) is 106 cm³/mol. The van der Waals surface area contributed by atoms with Gasteiger partial charge in [-0.2, -0.15) is 0 Å². The lowest BCUT2D eigenvalue weighted by atomic mass is 10.1. The lowest BCUT2D eigenvalue weighted by Gasteiger charge is -2.14. The summed E-state index contributed by atoms with van der Waals surface area (Å²) in [4.78, 5) is 36.2. The van der Waals surface area contributed by atoms with Gasteiger partial charge >= 0.3 is 5.97 Å². The van der Waals surface area contributed by atoms with E-state index in [-0.39, 0.29) is 5.78 Å². The summed E-state index contributed by atoms with van der Waals surface area (Å²) in [7, 11) is 0. The number of esters is 1. The van der Waals surface area contributed by atoms with Crippen molar-refractivity contribution in [3.8, 4) is 5.69 Å². The quantitative estimate of drug-likeness (QED) is 0.523. The highest BCUT2D eigenvalue weighted by Gasteiger charge is 2.19. The molecule has 3 aromatic rings. The van der Waals surface area contributed by atoms with Crippen LogP contribution in [0.5, 0.6) is 0 Å². The van der Waals surface area contributed by atoms with E-state index in [0.29, 0.717) is 16.8 Å². The summed E-state index contributed by atoms with van der Waals surface area (Å²) < 4.78 is 7.16. The molecule has 1 amide bonds. The van der Waals surface area contributed by atoms with E-state index in [9.17, 15) is 14.4 Å². The van der Waals surface area contributed by atoms with E-state index in [1.165, 1.54) is 13.8 Å². The smallest absolute Gasteiger partial charge is 0.338 e. The Morgan fingerprint density at radius 1 is 0.929 bits per heavy atom. The van der Waals surface area contributed by atoms with Gasteiger partial charge in [0.1, 0.15) is 0 Å². The van der Waals surface area contributed by atoms with E-state index in [4.69, 9.17) is 4.74 Å². The molecule has 0 saturated carbocycles. The molecule has 0 bridgehead atoms. The zero-order valence-corrected chi connectivity index (χ0v) is 15.6. The molecule has 0 spiro atoms. The molecule has 2 aromatic carbocycles. The first-order chi connectivity index (χ1) is 13.4. The van der Waals surface area contributed by atoms with Gasteiger partial charge in [-0.25, -0.2) is 4.79 Å². The van der Waals surface area contributed by atoms with Crippen LogP contribution in [0.25, 0.3) is 5.69 Å². The van der Waals surface area contributed by atoms with Crippen LogP contribution in [0.15, 0.2) is 73.1 Å². The zero-order chi connectivity index (χ0) is 20.1. The van der Waals surface area contributed by atoms with Gasteiger partial charge in [0.25, 0.3) is 5.91 Å². The number of ether oxygens (including phenoxy) is 1. The Balaban J connectivity index is 1.65. The molecule has 6 nitrogen and oxygen atoms in total. The highest BCUT2D eigenvalue weighted by atomic mass is 16.5. The van der Waals surface area contributed by atoms with Crippen LogP contribution < -0.4 is 5.32 Å². The molecule has 0 aliphatic carbocycles. The summed E-state index contributed by atoms with van der Waals surface area (Å²) in [5.41, 5.74) is 2.13. The number of benzene rings is 2. The number of hydrogen-bond donors (Lipinski definition) is 1. The highest BCUT2D eigenvalue weighted by molar-refractivity contribution is 5.99. The first-order valence-electron chi connectivity index (χ1n) is 8.80. The Bertz CT molecular complexity index is 1010. The average Bonchev–Trinajstić information content (AvgIpc) is 3.23. The Hall–Kier alpha value is -3.67. The summed E-state index contributed by atoms with van der Waals surface area (Å²) in [6.07, 6.45) is 2.74. The van der Waals surface area contributed by atoms with Gasteiger partial charge in [0.2, 0.25) is 0 Å². The van der Waals surface area contributed by atoms with Gasteiger partial charge in [-0.15, -0.1) is 0 Å². The molecule has 0 aliphatic heterocycles. The maximum atomic E-state index is 12.4. The Morgan fingerprint density at radius 3 is 2.32 bits per heavy atom. The predicted octanol–water partition coefficient (Wildman–Crippen LogP) is 3.86. The largest absolute Gasteiger partial charge is 0.449 e. The second-order valence-electron chi connectivity index (χ2n) is 6.31. The molecule has 6 heteroatoms. The molecule has 28 heavy (non-hydrogen) atoms. The summed E-state index contributed by atoms with van der Waals surface area (Å²) in [5, 5.41) is 2.66. The lowest BCUT2D eigenvalue weighted by Crippen LogP contribution is -2.30. The maximum Gasteiger partial charge on any atom is 0.338 e. The van der Waals surface area contributed by atoms with Gasteiger partial charge in [0.15, 0.2) is 11.9 Å². The molecule has 1 aromatic heterocycles. The molecule has 0 saturated heterocycles. The minimum absolute atomic E-state index is 0.0989. The van der Waals surface area contributed by atoms with Crippen LogP contribution in [0.3, 0.4) is 0 Å². The zero-order valence-electron chi connectivity index (χ0n) is 15.6. The summed E-state index contributed by atoms with van der Waals surface area (Å²) in [6, 6.07) is 17.3. The summed E-state index contributed by atoms with van der Waals surface area (Å²) >= 11 is 0. The third-order valence-electron chi connectivity index (χ3n) is 4.17. The third kappa shape index (κ3) is 4.54. The highest BCUT2D eigenvalue weighted by Crippen LogP contribution is 2.15. The van der Waals surface area contributed by atoms with Crippen LogP contribution >= 0.6 is 0 Å². The van der Waals surface area contributed by atoms with E-state index in [0.717, 1.165) is 5.69 Å². The minimum atomic E-state index is -0.997. The van der Waals surface area contributed by atoms with Crippen LogP contribution in [-0.2, 0) is 9.53 Å². The monoisotopic (exact) mass is 376 g/mol. The van der Waals surface area contributed by atoms with Gasteiger partial charge < -0.3 is 14.6 Å². The van der Waals surface area contributed by atoms with Gasteiger partial charge in [-0.05, 0) is 56.3 Å². The number of amides is 1. The fraction of sp³-hybridized carbons (Fsp3) is 0.136. The molecule has 0 fully saturated rings. The van der Waals surface area contributed by atoms with Crippen LogP contribution in [0, 0.1) is 0 Å². The number of ketones is 1. The van der Waals surface area contributed by atoms with Gasteiger partial charge in [-0.1, -0.05) is 18.2 Å². The molecular formula is C22H20N2O4. The van der Waals surface area contributed by atoms with E-state index in [2.05, 4.69) is 5.32 Å². The molecule has 142 valence electrons. The molecule has 0 radical (unpaired) electrons. The first kappa shape index (κ1) is 19.1. The van der Waals surface area contributed by atoms with Crippen molar-refractivity contribution >= 4 is 23.3 Å². The molecule has 0 aliphatic rings. The van der Waals surface area contributed by atoms with E-state index in [1.54, 1.807) is 42.5 Å². The van der Waals surface area contributed by atoms with Crippen molar-refractivity contribution in [2.24, 2.45) is 0 Å². The summed E-state index contributed by atoms with van der Waals surface area (Å²) in [5.74, 6) is -1.16. The number of carbonyl (C=O) groups excluding carboxylic acids is 3. The molecule has 3 rings (SSSR count). The number of nitrogens with zero attached hydrogens (tertiary/aromatic N) is 1. The van der Waals surface area contributed by atoms with Crippen molar-refractivity contribution in [3.63, 3.8) is 0 Å². The van der Waals surface area contributed by atoms with Crippen molar-refractivity contribution in [3.05, 3.63) is 84.2 Å². The topological polar surface area (TPSA) is 77.4 Å². The van der Waals surface area contributed by atoms with Gasteiger partial charge in [0.05, 0.1) is 5.56 Å². The lowest BCUT2D eigenvalue weighted by molar-refractivity contribution is -0.123. The molecule has 0 unspecified atom stereocenters. The standard InChI is InChI=1S/C22H20N2O4/c1-15(25)17-7-5-9-19(13-17)23-21(26)16(2)28-22(27)18-8-6-10-20(14-18)24-11-3-4-12-24/h3-14,16H,1-2H3,(H,23,26)/t16-/m1/s1. The van der Waals surface area contributed by atoms with E-state index in [1.807, 2.05) is 35.2 Å². The Kier molecular flexibility index (Phi) is 5.69. The van der Waals surface area contributed by atoms with E-state index >= 15 is 0 Å². The fourth-order valence-corrected chi connectivity index (χ4v) is 2.64. The van der Waals surface area contributed by atoms with Gasteiger partial charge in [-0.3, -0.25) is 9.59 Å². The molecular weight excluding hydrogens is 356 g/mol. The number of carbonyl (C=O) groups is 3. The van der Waals surface area contributed by atoms with Crippen LogP contribution in [0.1, 0.15) is 34.6 Å². The number of rotatable bonds is 6. The van der Waals surface area contributed by atoms with Crippen LogP contribution in [0.4, 0.5) is 5.69 Å². The SMILES string of the molecule is CC(=O)c1cccc(NC(=O)[C@@H](C)OC(=O)c2cccc(-n3cccc3)c2)c1. The molecule has 1 heterocycles. The second-order valence-corrected chi connectivity index (χ2v) is 6.31. The Morgan fingerprint density at radius 2 is 1.61 bits per heavy atom. The number of hydrogen-bond acceptors (Lipinski definition) is 4. The normalized spacial score (nSPS) is 11.5. The summed E-state index contributed by atoms with van der Waals surface area (Å²) in [6.45, 7) is 2.95. The molecule has 1 atom stereocenters. The Labute approximate surface area is 162 Å². The van der Waals surface area contributed by atoms with Crippen molar-refractivity contribution in [2.45, 2.75) is 20.0 Å². The van der Waals surface area contributed by atoms with Crippen molar-refractivity contribution in [2.75, 3.05) is 5.32 Å². The van der Waals surface area contributed by atoms with Crippen LogP contribution in [-0.4, -0.2) is 28.3 Å². The van der Waals surface area contributed by atoms with Crippen molar-refractivity contribution in [1.82, 2.24) is 4.57 Å². The van der Waals surface area contributed by atoms with Crippen molar-refractivity contribution in [1.29, 1.82) is 0 Å². The maximum absolute atomic E-state index is 12.4. The van der Waals surface area contributed by atoms with Gasteiger partial charge in [0, 0.05) is 29.3 Å². The number of Topliss-reactive ketones (excluding diaryl/α,β-unsaturated/α-hetero) is 1. The second kappa shape index (κ2) is 8.35. The number of anilines is 1. The fourth-order valence-electron chi connectivity index (χ4n) is 2.64. The third-order valence-corrected chi connectivity index (χ3v) is 4.17. The van der Waals surface area contributed by atoms with Crippen molar-refractivity contribution < 1.29 is 19.1 Å². The average molecular weight is 376 g/mol. The first-order valence-corrected chi connectivity index (χ1v) is 8.80. The number of nitrogens with one attached hydrogen (secondary N) is 1. The molecule has 1 N–H and O–H groups in total. The van der Waals surface area contributed by atoms with Crippen LogP contribution in [0.2, 0.25) is 0 Å². The van der Waals surface area contributed by atoms with E-state index < -0.39 is 18.0 Å².